The van der Waals surface area contributed by atoms with E-state index in [-0.39, 0.29) is 0 Å². The Morgan fingerprint density at radius 3 is 2.35 bits per heavy atom. The standard InChI is InChI=1S/C21H37N5/c1-6-19-7-9-20(10-8-19)17-25(5)21(22-3)23-15-18(2)16-26-13-11-24(4)12-14-26/h7-10,18H,6,11-17H2,1-5H3,(H,22,23). The molecule has 1 fully saturated rings. The number of piperazine rings is 1. The molecule has 0 amide bonds. The number of benzene rings is 1. The summed E-state index contributed by atoms with van der Waals surface area (Å²) in [6.45, 7) is 12.2. The summed E-state index contributed by atoms with van der Waals surface area (Å²) < 4.78 is 0. The topological polar surface area (TPSA) is 34.1 Å². The van der Waals surface area contributed by atoms with Crippen LogP contribution in [-0.4, -0.2) is 81.1 Å². The van der Waals surface area contributed by atoms with E-state index in [0.717, 1.165) is 32.0 Å². The number of guanidine groups is 1. The van der Waals surface area contributed by atoms with Crippen LogP contribution in [0.15, 0.2) is 29.3 Å². The molecule has 0 bridgehead atoms. The molecule has 0 aromatic heterocycles. The van der Waals surface area contributed by atoms with Crippen LogP contribution in [0.1, 0.15) is 25.0 Å². The summed E-state index contributed by atoms with van der Waals surface area (Å²) in [7, 11) is 6.18. The third-order valence-electron chi connectivity index (χ3n) is 5.20. The molecule has 1 unspecified atom stereocenters. The van der Waals surface area contributed by atoms with Gasteiger partial charge in [-0.2, -0.15) is 0 Å². The van der Waals surface area contributed by atoms with E-state index in [9.17, 15) is 0 Å². The summed E-state index contributed by atoms with van der Waals surface area (Å²) in [5, 5.41) is 3.55. The van der Waals surface area contributed by atoms with Crippen LogP contribution in [0.3, 0.4) is 0 Å². The van der Waals surface area contributed by atoms with Crippen molar-refractivity contribution < 1.29 is 0 Å². The third kappa shape index (κ3) is 6.61. The molecule has 146 valence electrons. The highest BCUT2D eigenvalue weighted by Gasteiger charge is 2.16. The lowest BCUT2D eigenvalue weighted by Crippen LogP contribution is -2.47. The molecule has 5 nitrogen and oxygen atoms in total. The first-order valence-corrected chi connectivity index (χ1v) is 9.92. The van der Waals surface area contributed by atoms with Crippen LogP contribution in [0.25, 0.3) is 0 Å². The van der Waals surface area contributed by atoms with E-state index in [2.05, 4.69) is 77.2 Å². The number of nitrogens with zero attached hydrogens (tertiary/aromatic N) is 4. The minimum atomic E-state index is 0.604. The van der Waals surface area contributed by atoms with Crippen LogP contribution >= 0.6 is 0 Å². The molecule has 0 aliphatic carbocycles. The van der Waals surface area contributed by atoms with Gasteiger partial charge in [0.1, 0.15) is 0 Å². The Morgan fingerprint density at radius 1 is 1.15 bits per heavy atom. The van der Waals surface area contributed by atoms with Crippen molar-refractivity contribution in [2.45, 2.75) is 26.8 Å². The van der Waals surface area contributed by atoms with Crippen molar-refractivity contribution in [2.75, 3.05) is 60.4 Å². The molecule has 2 rings (SSSR count). The van der Waals surface area contributed by atoms with Crippen LogP contribution < -0.4 is 5.32 Å². The lowest BCUT2D eigenvalue weighted by molar-refractivity contribution is 0.139. The van der Waals surface area contributed by atoms with E-state index < -0.39 is 0 Å². The number of hydrogen-bond acceptors (Lipinski definition) is 3. The van der Waals surface area contributed by atoms with Crippen molar-refractivity contribution in [2.24, 2.45) is 10.9 Å². The number of likely N-dealkylation sites (N-methyl/N-ethyl adjacent to an activating group) is 1. The lowest BCUT2D eigenvalue weighted by atomic mass is 10.1. The van der Waals surface area contributed by atoms with Gasteiger partial charge in [-0.3, -0.25) is 4.99 Å². The molecule has 0 spiro atoms. The third-order valence-corrected chi connectivity index (χ3v) is 5.20. The summed E-state index contributed by atoms with van der Waals surface area (Å²) in [6.07, 6.45) is 1.09. The van der Waals surface area contributed by atoms with E-state index in [1.807, 2.05) is 7.05 Å². The summed E-state index contributed by atoms with van der Waals surface area (Å²) in [6, 6.07) is 8.88. The Kier molecular flexibility index (Phi) is 8.39. The van der Waals surface area contributed by atoms with Crippen LogP contribution in [-0.2, 0) is 13.0 Å². The van der Waals surface area contributed by atoms with Crippen LogP contribution in [0, 0.1) is 5.92 Å². The number of rotatable bonds is 7. The Morgan fingerprint density at radius 2 is 1.77 bits per heavy atom. The second-order valence-corrected chi connectivity index (χ2v) is 7.66. The van der Waals surface area contributed by atoms with Gasteiger partial charge in [0.2, 0.25) is 0 Å². The van der Waals surface area contributed by atoms with E-state index in [1.165, 1.54) is 37.3 Å². The second-order valence-electron chi connectivity index (χ2n) is 7.66. The number of nitrogens with one attached hydrogen (secondary N) is 1. The molecule has 0 radical (unpaired) electrons. The molecule has 0 saturated carbocycles. The maximum atomic E-state index is 4.46. The highest BCUT2D eigenvalue weighted by molar-refractivity contribution is 5.79. The molecule has 1 aliphatic heterocycles. The molecule has 1 aliphatic rings. The molecular weight excluding hydrogens is 322 g/mol. The zero-order valence-electron chi connectivity index (χ0n) is 17.3. The molecule has 1 heterocycles. The van der Waals surface area contributed by atoms with Crippen molar-refractivity contribution in [3.8, 4) is 0 Å². The number of aryl methyl sites for hydroxylation is 1. The fraction of sp³-hybridized carbons (Fsp3) is 0.667. The summed E-state index contributed by atoms with van der Waals surface area (Å²) >= 11 is 0. The monoisotopic (exact) mass is 359 g/mol. The SMILES string of the molecule is CCc1ccc(CN(C)C(=NC)NCC(C)CN2CCN(C)CC2)cc1. The van der Waals surface area contributed by atoms with Gasteiger partial charge < -0.3 is 20.0 Å². The van der Waals surface area contributed by atoms with Gasteiger partial charge in [-0.25, -0.2) is 0 Å². The first-order valence-electron chi connectivity index (χ1n) is 9.92. The summed E-state index contributed by atoms with van der Waals surface area (Å²) in [4.78, 5) is 11.6. The molecule has 1 saturated heterocycles. The van der Waals surface area contributed by atoms with Crippen molar-refractivity contribution >= 4 is 5.96 Å². The largest absolute Gasteiger partial charge is 0.356 e. The summed E-state index contributed by atoms with van der Waals surface area (Å²) in [5.41, 5.74) is 2.70. The predicted octanol–water partition coefficient (Wildman–Crippen LogP) is 2.14. The molecular formula is C21H37N5. The average molecular weight is 360 g/mol. The molecule has 5 heteroatoms. The molecule has 1 atom stereocenters. The van der Waals surface area contributed by atoms with Gasteiger partial charge in [-0.05, 0) is 30.5 Å². The van der Waals surface area contributed by atoms with Gasteiger partial charge in [-0.15, -0.1) is 0 Å². The van der Waals surface area contributed by atoms with Gasteiger partial charge >= 0.3 is 0 Å². The molecule has 1 aromatic carbocycles. The minimum absolute atomic E-state index is 0.604. The van der Waals surface area contributed by atoms with Gasteiger partial charge in [0.15, 0.2) is 5.96 Å². The smallest absolute Gasteiger partial charge is 0.193 e. The Bertz CT molecular complexity index is 546. The van der Waals surface area contributed by atoms with Crippen LogP contribution in [0.4, 0.5) is 0 Å². The number of hydrogen-bond donors (Lipinski definition) is 1. The van der Waals surface area contributed by atoms with Gasteiger partial charge in [-0.1, -0.05) is 38.1 Å². The first-order chi connectivity index (χ1) is 12.5. The second kappa shape index (κ2) is 10.5. The zero-order valence-corrected chi connectivity index (χ0v) is 17.3. The van der Waals surface area contributed by atoms with E-state index in [4.69, 9.17) is 0 Å². The van der Waals surface area contributed by atoms with E-state index >= 15 is 0 Å². The van der Waals surface area contributed by atoms with Crippen molar-refractivity contribution in [1.29, 1.82) is 0 Å². The van der Waals surface area contributed by atoms with Crippen LogP contribution in [0.2, 0.25) is 0 Å². The average Bonchev–Trinajstić information content (AvgIpc) is 2.64. The Labute approximate surface area is 160 Å². The highest BCUT2D eigenvalue weighted by Crippen LogP contribution is 2.08. The summed E-state index contributed by atoms with van der Waals surface area (Å²) in [5.74, 6) is 1.57. The van der Waals surface area contributed by atoms with Gasteiger partial charge in [0.05, 0.1) is 0 Å². The fourth-order valence-corrected chi connectivity index (χ4v) is 3.42. The van der Waals surface area contributed by atoms with Gasteiger partial charge in [0, 0.05) is 59.9 Å². The van der Waals surface area contributed by atoms with E-state index in [0.29, 0.717) is 5.92 Å². The van der Waals surface area contributed by atoms with Crippen LogP contribution in [0.5, 0.6) is 0 Å². The van der Waals surface area contributed by atoms with Crippen molar-refractivity contribution in [3.05, 3.63) is 35.4 Å². The Balaban J connectivity index is 1.76. The number of aliphatic imine (C=N–C) groups is 1. The maximum absolute atomic E-state index is 4.46. The van der Waals surface area contributed by atoms with Gasteiger partial charge in [0.25, 0.3) is 0 Å². The minimum Gasteiger partial charge on any atom is -0.356 e. The normalized spacial score (nSPS) is 18.0. The predicted molar refractivity (Wildman–Crippen MR) is 112 cm³/mol. The highest BCUT2D eigenvalue weighted by atomic mass is 15.3. The quantitative estimate of drug-likeness (QED) is 0.597. The molecule has 26 heavy (non-hydrogen) atoms. The maximum Gasteiger partial charge on any atom is 0.193 e. The van der Waals surface area contributed by atoms with Crippen molar-refractivity contribution in [3.63, 3.8) is 0 Å². The Hall–Kier alpha value is -1.59. The van der Waals surface area contributed by atoms with Crippen molar-refractivity contribution in [1.82, 2.24) is 20.0 Å². The zero-order chi connectivity index (χ0) is 18.9. The molecule has 1 aromatic rings. The lowest BCUT2D eigenvalue weighted by Gasteiger charge is -2.34. The fourth-order valence-electron chi connectivity index (χ4n) is 3.42. The molecule has 1 N–H and O–H groups in total. The first kappa shape index (κ1) is 20.7. The van der Waals surface area contributed by atoms with E-state index in [1.54, 1.807) is 0 Å².